The van der Waals surface area contributed by atoms with E-state index in [0.29, 0.717) is 33.9 Å². The first-order valence-electron chi connectivity index (χ1n) is 11.7. The third-order valence-electron chi connectivity index (χ3n) is 6.20. The van der Waals surface area contributed by atoms with E-state index in [1.54, 1.807) is 13.1 Å². The van der Waals surface area contributed by atoms with Crippen LogP contribution in [0.3, 0.4) is 0 Å². The highest BCUT2D eigenvalue weighted by Gasteiger charge is 2.15. The molecule has 0 unspecified atom stereocenters. The molecular formula is C25H24FN9O. The molecule has 0 bridgehead atoms. The first kappa shape index (κ1) is 22.1. The number of pyridine rings is 1. The molecule has 1 aliphatic heterocycles. The van der Waals surface area contributed by atoms with E-state index in [0.717, 1.165) is 48.8 Å². The average Bonchev–Trinajstić information content (AvgIpc) is 3.27. The van der Waals surface area contributed by atoms with Crippen molar-refractivity contribution in [2.45, 2.75) is 6.92 Å². The topological polar surface area (TPSA) is 106 Å². The second-order valence-electron chi connectivity index (χ2n) is 8.69. The minimum Gasteiger partial charge on any atom is -0.457 e. The van der Waals surface area contributed by atoms with Gasteiger partial charge in [-0.25, -0.2) is 24.0 Å². The molecule has 4 heterocycles. The van der Waals surface area contributed by atoms with Crippen molar-refractivity contribution in [3.05, 3.63) is 60.2 Å². The Hall–Kier alpha value is -4.38. The minimum absolute atomic E-state index is 0.337. The van der Waals surface area contributed by atoms with Gasteiger partial charge in [-0.15, -0.1) is 5.10 Å². The molecule has 11 heteroatoms. The Morgan fingerprint density at radius 2 is 1.89 bits per heavy atom. The number of aryl methyl sites for hydroxylation is 2. The molecule has 0 spiro atoms. The number of benzene rings is 2. The van der Waals surface area contributed by atoms with Gasteiger partial charge in [0, 0.05) is 51.0 Å². The Balaban J connectivity index is 1.26. The average molecular weight is 486 g/mol. The van der Waals surface area contributed by atoms with Gasteiger partial charge in [0.05, 0.1) is 5.52 Å². The summed E-state index contributed by atoms with van der Waals surface area (Å²) in [4.78, 5) is 15.9. The van der Waals surface area contributed by atoms with E-state index in [-0.39, 0.29) is 0 Å². The van der Waals surface area contributed by atoms with Crippen molar-refractivity contribution in [2.24, 2.45) is 7.05 Å². The number of aromatic nitrogens is 6. The summed E-state index contributed by atoms with van der Waals surface area (Å²) in [5.41, 5.74) is 3.94. The molecule has 1 aliphatic rings. The number of piperazine rings is 1. The lowest BCUT2D eigenvalue weighted by Gasteiger charge is -2.28. The summed E-state index contributed by atoms with van der Waals surface area (Å²) in [7, 11) is 1.65. The maximum atomic E-state index is 14.5. The van der Waals surface area contributed by atoms with Crippen molar-refractivity contribution in [1.29, 1.82) is 0 Å². The zero-order chi connectivity index (χ0) is 24.6. The van der Waals surface area contributed by atoms with Crippen LogP contribution in [0.2, 0.25) is 0 Å². The summed E-state index contributed by atoms with van der Waals surface area (Å²) >= 11 is 0. The van der Waals surface area contributed by atoms with Crippen LogP contribution >= 0.6 is 0 Å². The van der Waals surface area contributed by atoms with Crippen LogP contribution in [-0.2, 0) is 7.05 Å². The molecule has 5 aromatic rings. The van der Waals surface area contributed by atoms with E-state index in [1.165, 1.54) is 17.1 Å². The zero-order valence-corrected chi connectivity index (χ0v) is 19.9. The largest absolute Gasteiger partial charge is 0.457 e. The lowest BCUT2D eigenvalue weighted by Crippen LogP contribution is -2.43. The van der Waals surface area contributed by atoms with Crippen molar-refractivity contribution in [1.82, 2.24) is 35.3 Å². The van der Waals surface area contributed by atoms with Crippen LogP contribution in [-0.4, -0.2) is 56.1 Å². The first-order chi connectivity index (χ1) is 17.5. The molecule has 0 aliphatic carbocycles. The number of ether oxygens (including phenoxy) is 1. The number of anilines is 3. The lowest BCUT2D eigenvalue weighted by atomic mass is 10.2. The maximum absolute atomic E-state index is 14.5. The van der Waals surface area contributed by atoms with E-state index in [1.807, 2.05) is 37.3 Å². The maximum Gasteiger partial charge on any atom is 0.160 e. The molecule has 1 saturated heterocycles. The smallest absolute Gasteiger partial charge is 0.160 e. The van der Waals surface area contributed by atoms with Gasteiger partial charge in [0.25, 0.3) is 0 Å². The summed E-state index contributed by atoms with van der Waals surface area (Å²) < 4.78 is 21.9. The van der Waals surface area contributed by atoms with Crippen molar-refractivity contribution in [3.8, 4) is 11.5 Å². The molecule has 182 valence electrons. The lowest BCUT2D eigenvalue weighted by molar-refractivity contribution is 0.474. The molecule has 2 N–H and O–H groups in total. The van der Waals surface area contributed by atoms with Crippen LogP contribution in [0.25, 0.3) is 22.1 Å². The summed E-state index contributed by atoms with van der Waals surface area (Å²) in [6.45, 7) is 5.61. The van der Waals surface area contributed by atoms with Crippen LogP contribution in [0.5, 0.6) is 11.5 Å². The van der Waals surface area contributed by atoms with Crippen molar-refractivity contribution < 1.29 is 9.13 Å². The van der Waals surface area contributed by atoms with Crippen LogP contribution in [0.4, 0.5) is 21.7 Å². The fourth-order valence-corrected chi connectivity index (χ4v) is 4.37. The molecule has 0 radical (unpaired) electrons. The predicted molar refractivity (Wildman–Crippen MR) is 135 cm³/mol. The minimum atomic E-state index is -0.436. The molecule has 6 rings (SSSR count). The second kappa shape index (κ2) is 9.00. The SMILES string of the molecule is Cc1cc(Nc2ncnc3ccc(N4CCNCC4)nc23)ccc1Oc1cc(F)c2c(c1)nnn2C. The molecule has 36 heavy (non-hydrogen) atoms. The number of halogens is 1. The van der Waals surface area contributed by atoms with Gasteiger partial charge in [0.2, 0.25) is 0 Å². The Kier molecular flexibility index (Phi) is 5.53. The van der Waals surface area contributed by atoms with Gasteiger partial charge >= 0.3 is 0 Å². The molecule has 3 aromatic heterocycles. The number of nitrogens with one attached hydrogen (secondary N) is 2. The Bertz CT molecular complexity index is 1580. The van der Waals surface area contributed by atoms with Gasteiger partial charge in [-0.2, -0.15) is 0 Å². The highest BCUT2D eigenvalue weighted by molar-refractivity contribution is 5.88. The summed E-state index contributed by atoms with van der Waals surface area (Å²) in [6.07, 6.45) is 1.53. The summed E-state index contributed by atoms with van der Waals surface area (Å²) in [6, 6.07) is 12.6. The summed E-state index contributed by atoms with van der Waals surface area (Å²) in [5, 5.41) is 14.6. The monoisotopic (exact) mass is 485 g/mol. The Labute approximate surface area is 206 Å². The van der Waals surface area contributed by atoms with E-state index in [9.17, 15) is 4.39 Å². The molecule has 0 amide bonds. The van der Waals surface area contributed by atoms with Gasteiger partial charge in [-0.05, 0) is 42.8 Å². The highest BCUT2D eigenvalue weighted by atomic mass is 19.1. The van der Waals surface area contributed by atoms with E-state index in [2.05, 4.69) is 35.8 Å². The number of nitrogens with zero attached hydrogens (tertiary/aromatic N) is 7. The third kappa shape index (κ3) is 4.13. The van der Waals surface area contributed by atoms with Gasteiger partial charge < -0.3 is 20.3 Å². The normalized spacial score (nSPS) is 13.9. The van der Waals surface area contributed by atoms with Crippen molar-refractivity contribution in [2.75, 3.05) is 36.4 Å². The standard InChI is InChI=1S/C25H24FN9O/c1-15-11-16(3-5-21(15)36-17-12-18(26)24-20(13-17)32-33-34(24)2)30-25-23-19(28-14-29-25)4-6-22(31-23)35-9-7-27-8-10-35/h3-6,11-14,27H,7-10H2,1-2H3,(H,28,29,30). The van der Waals surface area contributed by atoms with Gasteiger partial charge in [0.15, 0.2) is 11.6 Å². The van der Waals surface area contributed by atoms with Crippen LogP contribution in [0, 0.1) is 12.7 Å². The van der Waals surface area contributed by atoms with Crippen molar-refractivity contribution >= 4 is 39.4 Å². The van der Waals surface area contributed by atoms with Gasteiger partial charge in [0.1, 0.15) is 40.2 Å². The molecule has 0 saturated carbocycles. The number of hydrogen-bond donors (Lipinski definition) is 2. The molecule has 1 fully saturated rings. The van der Waals surface area contributed by atoms with E-state index in [4.69, 9.17) is 9.72 Å². The fourth-order valence-electron chi connectivity index (χ4n) is 4.37. The zero-order valence-electron chi connectivity index (χ0n) is 19.9. The molecule has 2 aromatic carbocycles. The van der Waals surface area contributed by atoms with E-state index < -0.39 is 5.82 Å². The fraction of sp³-hybridized carbons (Fsp3) is 0.240. The van der Waals surface area contributed by atoms with Gasteiger partial charge in [-0.1, -0.05) is 5.21 Å². The molecule has 0 atom stereocenters. The third-order valence-corrected chi connectivity index (χ3v) is 6.20. The number of rotatable bonds is 5. The van der Waals surface area contributed by atoms with E-state index >= 15 is 0 Å². The summed E-state index contributed by atoms with van der Waals surface area (Å²) in [5.74, 6) is 2.06. The number of fused-ring (bicyclic) bond motifs is 2. The number of hydrogen-bond acceptors (Lipinski definition) is 9. The van der Waals surface area contributed by atoms with Crippen LogP contribution < -0.4 is 20.3 Å². The predicted octanol–water partition coefficient (Wildman–Crippen LogP) is 3.70. The van der Waals surface area contributed by atoms with Crippen LogP contribution in [0.1, 0.15) is 5.56 Å². The quantitative estimate of drug-likeness (QED) is 0.385. The van der Waals surface area contributed by atoms with Crippen LogP contribution in [0.15, 0.2) is 48.8 Å². The Morgan fingerprint density at radius 3 is 2.72 bits per heavy atom. The van der Waals surface area contributed by atoms with Gasteiger partial charge in [-0.3, -0.25) is 0 Å². The molecular weight excluding hydrogens is 461 g/mol. The first-order valence-corrected chi connectivity index (χ1v) is 11.7. The van der Waals surface area contributed by atoms with Crippen molar-refractivity contribution in [3.63, 3.8) is 0 Å². The molecule has 10 nitrogen and oxygen atoms in total. The highest BCUT2D eigenvalue weighted by Crippen LogP contribution is 2.32. The second-order valence-corrected chi connectivity index (χ2v) is 8.69. The Morgan fingerprint density at radius 1 is 1.03 bits per heavy atom.